The molecule has 1 atom stereocenters. The number of amides is 1. The maximum atomic E-state index is 11.7. The van der Waals surface area contributed by atoms with Crippen molar-refractivity contribution in [2.75, 3.05) is 5.32 Å². The van der Waals surface area contributed by atoms with Crippen molar-refractivity contribution in [1.29, 1.82) is 5.26 Å². The average Bonchev–Trinajstić information content (AvgIpc) is 2.47. The van der Waals surface area contributed by atoms with Crippen LogP contribution >= 0.6 is 15.9 Å². The van der Waals surface area contributed by atoms with Gasteiger partial charge < -0.3 is 11.1 Å². The van der Waals surface area contributed by atoms with Gasteiger partial charge in [-0.3, -0.25) is 4.79 Å². The highest BCUT2D eigenvalue weighted by Gasteiger charge is 2.17. The van der Waals surface area contributed by atoms with Crippen LogP contribution in [0.1, 0.15) is 17.2 Å². The Hall–Kier alpha value is -2.32. The minimum atomic E-state index is -0.597. The highest BCUT2D eigenvalue weighted by molar-refractivity contribution is 9.10. The summed E-state index contributed by atoms with van der Waals surface area (Å²) in [6, 6.07) is 16.3. The number of carbonyl (C=O) groups is 1. The Bertz CT molecular complexity index is 659. The fourth-order valence-electron chi connectivity index (χ4n) is 1.95. The molecule has 3 N–H and O–H groups in total. The highest BCUT2D eigenvalue weighted by atomic mass is 79.9. The number of nitrogens with two attached hydrogens (primary N) is 1. The normalized spacial score (nSPS) is 11.4. The van der Waals surface area contributed by atoms with E-state index in [1.54, 1.807) is 0 Å². The molecule has 0 aliphatic heterocycles. The molecule has 5 heteroatoms. The number of nitriles is 1. The quantitative estimate of drug-likeness (QED) is 0.875. The summed E-state index contributed by atoms with van der Waals surface area (Å²) in [5, 5.41) is 11.8. The third-order valence-electron chi connectivity index (χ3n) is 3.04. The Morgan fingerprint density at radius 1 is 1.19 bits per heavy atom. The van der Waals surface area contributed by atoms with Crippen LogP contribution in [-0.4, -0.2) is 5.91 Å². The molecular weight excluding hydrogens is 330 g/mol. The van der Waals surface area contributed by atoms with Crippen molar-refractivity contribution in [3.05, 3.63) is 64.1 Å². The van der Waals surface area contributed by atoms with E-state index in [1.165, 1.54) is 0 Å². The number of nitrogens with one attached hydrogen (secondary N) is 1. The zero-order valence-electron chi connectivity index (χ0n) is 11.2. The van der Waals surface area contributed by atoms with Gasteiger partial charge in [0.15, 0.2) is 0 Å². The highest BCUT2D eigenvalue weighted by Crippen LogP contribution is 2.22. The molecule has 0 aromatic heterocycles. The molecule has 0 fully saturated rings. The molecule has 2 aromatic rings. The average molecular weight is 344 g/mol. The molecule has 2 rings (SSSR count). The molecule has 0 spiro atoms. The van der Waals surface area contributed by atoms with Gasteiger partial charge in [0.05, 0.1) is 12.5 Å². The van der Waals surface area contributed by atoms with Crippen molar-refractivity contribution >= 4 is 27.5 Å². The molecule has 4 nitrogen and oxygen atoms in total. The smallest absolute Gasteiger partial charge is 0.244 e. The molecule has 1 amide bonds. The van der Waals surface area contributed by atoms with Gasteiger partial charge >= 0.3 is 0 Å². The second-order valence-corrected chi connectivity index (χ2v) is 5.48. The number of hydrogen-bond donors (Lipinski definition) is 2. The van der Waals surface area contributed by atoms with Crippen LogP contribution in [0.15, 0.2) is 53.0 Å². The van der Waals surface area contributed by atoms with E-state index in [4.69, 9.17) is 11.0 Å². The number of anilines is 1. The van der Waals surface area contributed by atoms with Crippen LogP contribution in [0.4, 0.5) is 5.69 Å². The third-order valence-corrected chi connectivity index (χ3v) is 3.56. The zero-order chi connectivity index (χ0) is 15.2. The van der Waals surface area contributed by atoms with Gasteiger partial charge in [-0.15, -0.1) is 0 Å². The van der Waals surface area contributed by atoms with Crippen LogP contribution in [0.5, 0.6) is 0 Å². The van der Waals surface area contributed by atoms with Gasteiger partial charge in [0.1, 0.15) is 6.04 Å². The number of halogens is 1. The molecule has 0 unspecified atom stereocenters. The van der Waals surface area contributed by atoms with E-state index >= 15 is 0 Å². The van der Waals surface area contributed by atoms with Crippen molar-refractivity contribution in [2.45, 2.75) is 12.5 Å². The summed E-state index contributed by atoms with van der Waals surface area (Å²) in [7, 11) is 0. The van der Waals surface area contributed by atoms with Crippen molar-refractivity contribution in [3.8, 4) is 6.07 Å². The summed E-state index contributed by atoms with van der Waals surface area (Å²) in [5.74, 6) is -0.446. The van der Waals surface area contributed by atoms with E-state index in [0.717, 1.165) is 21.3 Å². The SMILES string of the molecule is N#CCc1ccc(N[C@H](C(N)=O)c2ccc(Br)cc2)cc1. The molecular formula is C16H14BrN3O. The fourth-order valence-corrected chi connectivity index (χ4v) is 2.22. The van der Waals surface area contributed by atoms with E-state index in [-0.39, 0.29) is 0 Å². The first-order valence-corrected chi connectivity index (χ1v) is 7.16. The molecule has 21 heavy (non-hydrogen) atoms. The first-order chi connectivity index (χ1) is 10.1. The van der Waals surface area contributed by atoms with E-state index in [9.17, 15) is 4.79 Å². The summed E-state index contributed by atoms with van der Waals surface area (Å²) in [6.45, 7) is 0. The predicted molar refractivity (Wildman–Crippen MR) is 85.5 cm³/mol. The Kier molecular flexibility index (Phi) is 4.96. The van der Waals surface area contributed by atoms with E-state index < -0.39 is 11.9 Å². The van der Waals surface area contributed by atoms with Gasteiger partial charge in [-0.1, -0.05) is 40.2 Å². The standard InChI is InChI=1S/C16H14BrN3O/c17-13-5-3-12(4-6-13)15(16(19)21)20-14-7-1-11(2-8-14)9-10-18/h1-8,15,20H,9H2,(H2,19,21)/t15-/m0/s1. The predicted octanol–water partition coefficient (Wildman–Crippen LogP) is 3.15. The van der Waals surface area contributed by atoms with E-state index in [1.807, 2.05) is 48.5 Å². The maximum Gasteiger partial charge on any atom is 0.244 e. The van der Waals surface area contributed by atoms with Crippen LogP contribution in [0.3, 0.4) is 0 Å². The summed E-state index contributed by atoms with van der Waals surface area (Å²) < 4.78 is 0.940. The Morgan fingerprint density at radius 2 is 1.81 bits per heavy atom. The lowest BCUT2D eigenvalue weighted by Crippen LogP contribution is -2.27. The lowest BCUT2D eigenvalue weighted by molar-refractivity contribution is -0.118. The molecule has 0 bridgehead atoms. The topological polar surface area (TPSA) is 78.9 Å². The third kappa shape index (κ3) is 4.07. The zero-order valence-corrected chi connectivity index (χ0v) is 12.8. The van der Waals surface area contributed by atoms with Gasteiger partial charge in [0, 0.05) is 10.2 Å². The minimum Gasteiger partial charge on any atom is -0.370 e. The Balaban J connectivity index is 2.18. The number of nitrogens with zero attached hydrogens (tertiary/aromatic N) is 1. The number of hydrogen-bond acceptors (Lipinski definition) is 3. The lowest BCUT2D eigenvalue weighted by atomic mass is 10.1. The van der Waals surface area contributed by atoms with Gasteiger partial charge in [0.2, 0.25) is 5.91 Å². The van der Waals surface area contributed by atoms with Crippen LogP contribution in [0.25, 0.3) is 0 Å². The lowest BCUT2D eigenvalue weighted by Gasteiger charge is -2.17. The summed E-state index contributed by atoms with van der Waals surface area (Å²) >= 11 is 3.36. The number of carbonyl (C=O) groups excluding carboxylic acids is 1. The first kappa shape index (κ1) is 15.1. The van der Waals surface area contributed by atoms with Gasteiger partial charge in [-0.25, -0.2) is 0 Å². The fraction of sp³-hybridized carbons (Fsp3) is 0.125. The molecule has 0 saturated carbocycles. The van der Waals surface area contributed by atoms with Crippen molar-refractivity contribution < 1.29 is 4.79 Å². The maximum absolute atomic E-state index is 11.7. The number of primary amides is 1. The van der Waals surface area contributed by atoms with Crippen LogP contribution in [0, 0.1) is 11.3 Å². The van der Waals surface area contributed by atoms with Crippen molar-refractivity contribution in [3.63, 3.8) is 0 Å². The van der Waals surface area contributed by atoms with Crippen LogP contribution < -0.4 is 11.1 Å². The second kappa shape index (κ2) is 6.91. The van der Waals surface area contributed by atoms with E-state index in [2.05, 4.69) is 27.3 Å². The second-order valence-electron chi connectivity index (χ2n) is 4.56. The molecule has 0 aliphatic rings. The number of rotatable bonds is 5. The Labute approximate surface area is 131 Å². The van der Waals surface area contributed by atoms with Crippen molar-refractivity contribution in [2.24, 2.45) is 5.73 Å². The first-order valence-electron chi connectivity index (χ1n) is 6.37. The van der Waals surface area contributed by atoms with Gasteiger partial charge in [-0.05, 0) is 35.4 Å². The Morgan fingerprint density at radius 3 is 2.33 bits per heavy atom. The van der Waals surface area contributed by atoms with Crippen molar-refractivity contribution in [1.82, 2.24) is 0 Å². The monoisotopic (exact) mass is 343 g/mol. The molecule has 0 radical (unpaired) electrons. The summed E-state index contributed by atoms with van der Waals surface area (Å²) in [6.07, 6.45) is 0.367. The molecule has 0 heterocycles. The molecule has 0 saturated heterocycles. The van der Waals surface area contributed by atoms with Gasteiger partial charge in [0.25, 0.3) is 0 Å². The summed E-state index contributed by atoms with van der Waals surface area (Å²) in [5.41, 5.74) is 7.99. The molecule has 2 aromatic carbocycles. The number of benzene rings is 2. The van der Waals surface area contributed by atoms with E-state index in [0.29, 0.717) is 6.42 Å². The summed E-state index contributed by atoms with van der Waals surface area (Å²) in [4.78, 5) is 11.7. The van der Waals surface area contributed by atoms with Gasteiger partial charge in [-0.2, -0.15) is 5.26 Å². The van der Waals surface area contributed by atoms with Crippen LogP contribution in [-0.2, 0) is 11.2 Å². The minimum absolute atomic E-state index is 0.367. The largest absolute Gasteiger partial charge is 0.370 e. The molecule has 0 aliphatic carbocycles. The van der Waals surface area contributed by atoms with Crippen LogP contribution in [0.2, 0.25) is 0 Å². The molecule has 106 valence electrons.